The SMILES string of the molecule is Cc1cc(C(=O)NCC(c2ccco2)N2CCCCC2)c2ccccc2n1. The maximum atomic E-state index is 13.0. The molecule has 5 nitrogen and oxygen atoms in total. The summed E-state index contributed by atoms with van der Waals surface area (Å²) in [5.41, 5.74) is 2.37. The van der Waals surface area contributed by atoms with Gasteiger partial charge in [-0.2, -0.15) is 0 Å². The molecule has 1 unspecified atom stereocenters. The van der Waals surface area contributed by atoms with Crippen LogP contribution in [0.15, 0.2) is 53.1 Å². The zero-order valence-electron chi connectivity index (χ0n) is 15.6. The lowest BCUT2D eigenvalue weighted by molar-refractivity contribution is 0.0915. The van der Waals surface area contributed by atoms with Crippen LogP contribution < -0.4 is 5.32 Å². The molecule has 1 atom stereocenters. The van der Waals surface area contributed by atoms with Crippen molar-refractivity contribution in [2.24, 2.45) is 0 Å². The third-order valence-electron chi connectivity index (χ3n) is 5.25. The van der Waals surface area contributed by atoms with E-state index < -0.39 is 0 Å². The van der Waals surface area contributed by atoms with E-state index in [1.165, 1.54) is 19.3 Å². The summed E-state index contributed by atoms with van der Waals surface area (Å²) < 4.78 is 5.67. The Balaban J connectivity index is 1.55. The number of pyridine rings is 1. The van der Waals surface area contributed by atoms with Crippen LogP contribution in [0.4, 0.5) is 0 Å². The summed E-state index contributed by atoms with van der Waals surface area (Å²) in [6, 6.07) is 13.6. The Labute approximate surface area is 159 Å². The summed E-state index contributed by atoms with van der Waals surface area (Å²) in [5, 5.41) is 4.02. The molecule has 0 saturated carbocycles. The van der Waals surface area contributed by atoms with Gasteiger partial charge in [0.25, 0.3) is 5.91 Å². The monoisotopic (exact) mass is 363 g/mol. The van der Waals surface area contributed by atoms with Gasteiger partial charge in [-0.05, 0) is 57.1 Å². The standard InChI is InChI=1S/C22H25N3O2/c1-16-14-18(17-8-3-4-9-19(17)24-16)22(26)23-15-20(21-10-7-13-27-21)25-11-5-2-6-12-25/h3-4,7-10,13-14,20H,2,5-6,11-12,15H2,1H3,(H,23,26). The summed E-state index contributed by atoms with van der Waals surface area (Å²) >= 11 is 0. The van der Waals surface area contributed by atoms with Crippen LogP contribution in [0.3, 0.4) is 0 Å². The number of para-hydroxylation sites is 1. The molecule has 5 heteroatoms. The van der Waals surface area contributed by atoms with E-state index >= 15 is 0 Å². The second kappa shape index (κ2) is 7.92. The van der Waals surface area contributed by atoms with Crippen LogP contribution >= 0.6 is 0 Å². The van der Waals surface area contributed by atoms with E-state index in [0.29, 0.717) is 12.1 Å². The number of rotatable bonds is 5. The highest BCUT2D eigenvalue weighted by molar-refractivity contribution is 6.06. The van der Waals surface area contributed by atoms with Crippen molar-refractivity contribution in [2.45, 2.75) is 32.2 Å². The first kappa shape index (κ1) is 17.7. The lowest BCUT2D eigenvalue weighted by atomic mass is 10.1. The molecule has 0 bridgehead atoms. The van der Waals surface area contributed by atoms with Crippen LogP contribution in [0, 0.1) is 6.92 Å². The van der Waals surface area contributed by atoms with Gasteiger partial charge in [0.2, 0.25) is 0 Å². The van der Waals surface area contributed by atoms with Gasteiger partial charge in [-0.1, -0.05) is 24.6 Å². The number of nitrogens with one attached hydrogen (secondary N) is 1. The Morgan fingerprint density at radius 3 is 2.78 bits per heavy atom. The van der Waals surface area contributed by atoms with Crippen molar-refractivity contribution < 1.29 is 9.21 Å². The van der Waals surface area contributed by atoms with Gasteiger partial charge in [-0.25, -0.2) is 0 Å². The molecule has 0 radical (unpaired) electrons. The molecule has 0 aliphatic carbocycles. The first-order valence-electron chi connectivity index (χ1n) is 9.64. The lowest BCUT2D eigenvalue weighted by Crippen LogP contribution is -2.40. The summed E-state index contributed by atoms with van der Waals surface area (Å²) in [4.78, 5) is 19.9. The zero-order valence-corrected chi connectivity index (χ0v) is 15.6. The van der Waals surface area contributed by atoms with Crippen LogP contribution in [0.5, 0.6) is 0 Å². The normalized spacial score (nSPS) is 16.3. The Kier molecular flexibility index (Phi) is 5.21. The Hall–Kier alpha value is -2.66. The number of nitrogens with zero attached hydrogens (tertiary/aromatic N) is 2. The molecule has 4 rings (SSSR count). The zero-order chi connectivity index (χ0) is 18.6. The number of likely N-dealkylation sites (tertiary alicyclic amines) is 1. The van der Waals surface area contributed by atoms with Gasteiger partial charge in [-0.15, -0.1) is 0 Å². The molecule has 1 aromatic carbocycles. The molecule has 27 heavy (non-hydrogen) atoms. The fourth-order valence-corrected chi connectivity index (χ4v) is 3.90. The van der Waals surface area contributed by atoms with Crippen LogP contribution in [-0.4, -0.2) is 35.4 Å². The molecule has 1 fully saturated rings. The highest BCUT2D eigenvalue weighted by Crippen LogP contribution is 2.25. The fraction of sp³-hybridized carbons (Fsp3) is 0.364. The Morgan fingerprint density at radius 2 is 2.00 bits per heavy atom. The summed E-state index contributed by atoms with van der Waals surface area (Å²) in [6.45, 7) is 4.53. The van der Waals surface area contributed by atoms with Crippen molar-refractivity contribution in [2.75, 3.05) is 19.6 Å². The van der Waals surface area contributed by atoms with Crippen molar-refractivity contribution in [3.05, 3.63) is 65.7 Å². The van der Waals surface area contributed by atoms with E-state index in [4.69, 9.17) is 4.42 Å². The third kappa shape index (κ3) is 3.88. The summed E-state index contributed by atoms with van der Waals surface area (Å²) in [6.07, 6.45) is 5.36. The predicted molar refractivity (Wildman–Crippen MR) is 106 cm³/mol. The van der Waals surface area contributed by atoms with E-state index in [-0.39, 0.29) is 11.9 Å². The predicted octanol–water partition coefficient (Wildman–Crippen LogP) is 4.09. The smallest absolute Gasteiger partial charge is 0.252 e. The summed E-state index contributed by atoms with van der Waals surface area (Å²) in [5.74, 6) is 0.846. The molecular formula is C22H25N3O2. The molecule has 1 aliphatic heterocycles. The molecule has 2 aromatic heterocycles. The van der Waals surface area contributed by atoms with Gasteiger partial charge in [0.05, 0.1) is 23.4 Å². The van der Waals surface area contributed by atoms with Crippen molar-refractivity contribution in [3.8, 4) is 0 Å². The topological polar surface area (TPSA) is 58.4 Å². The molecule has 140 valence electrons. The number of furan rings is 1. The minimum Gasteiger partial charge on any atom is -0.468 e. The maximum Gasteiger partial charge on any atom is 0.252 e. The van der Waals surface area contributed by atoms with Gasteiger partial charge < -0.3 is 9.73 Å². The number of hydrogen-bond donors (Lipinski definition) is 1. The van der Waals surface area contributed by atoms with Gasteiger partial charge in [-0.3, -0.25) is 14.7 Å². The first-order chi connectivity index (χ1) is 13.2. The van der Waals surface area contributed by atoms with Crippen molar-refractivity contribution >= 4 is 16.8 Å². The van der Waals surface area contributed by atoms with Crippen LogP contribution in [-0.2, 0) is 0 Å². The highest BCUT2D eigenvalue weighted by atomic mass is 16.3. The largest absolute Gasteiger partial charge is 0.468 e. The quantitative estimate of drug-likeness (QED) is 0.742. The molecule has 1 saturated heterocycles. The van der Waals surface area contributed by atoms with Crippen molar-refractivity contribution in [1.82, 2.24) is 15.2 Å². The fourth-order valence-electron chi connectivity index (χ4n) is 3.90. The van der Waals surface area contributed by atoms with Crippen molar-refractivity contribution in [1.29, 1.82) is 0 Å². The number of piperidine rings is 1. The van der Waals surface area contributed by atoms with E-state index in [1.54, 1.807) is 6.26 Å². The number of amides is 1. The average molecular weight is 363 g/mol. The number of aromatic nitrogens is 1. The number of benzene rings is 1. The average Bonchev–Trinajstić information content (AvgIpc) is 3.22. The van der Waals surface area contributed by atoms with Gasteiger partial charge in [0.15, 0.2) is 0 Å². The molecule has 1 N–H and O–H groups in total. The van der Waals surface area contributed by atoms with Gasteiger partial charge in [0, 0.05) is 17.6 Å². The molecule has 0 spiro atoms. The number of carbonyl (C=O) groups is 1. The minimum absolute atomic E-state index is 0.0646. The van der Waals surface area contributed by atoms with Crippen LogP contribution in [0.25, 0.3) is 10.9 Å². The van der Waals surface area contributed by atoms with Crippen LogP contribution in [0.2, 0.25) is 0 Å². The van der Waals surface area contributed by atoms with Crippen LogP contribution in [0.1, 0.15) is 47.1 Å². The highest BCUT2D eigenvalue weighted by Gasteiger charge is 2.25. The van der Waals surface area contributed by atoms with E-state index in [1.807, 2.05) is 49.4 Å². The molecule has 3 heterocycles. The maximum absolute atomic E-state index is 13.0. The Bertz CT molecular complexity index is 914. The minimum atomic E-state index is -0.0646. The molecular weight excluding hydrogens is 338 g/mol. The number of aryl methyl sites for hydroxylation is 1. The summed E-state index contributed by atoms with van der Waals surface area (Å²) in [7, 11) is 0. The third-order valence-corrected chi connectivity index (χ3v) is 5.25. The number of carbonyl (C=O) groups excluding carboxylic acids is 1. The van der Waals surface area contributed by atoms with Crippen molar-refractivity contribution in [3.63, 3.8) is 0 Å². The lowest BCUT2D eigenvalue weighted by Gasteiger charge is -2.33. The van der Waals surface area contributed by atoms with E-state index in [2.05, 4.69) is 15.2 Å². The second-order valence-electron chi connectivity index (χ2n) is 7.17. The first-order valence-corrected chi connectivity index (χ1v) is 9.64. The number of hydrogen-bond acceptors (Lipinski definition) is 4. The van der Waals surface area contributed by atoms with E-state index in [9.17, 15) is 4.79 Å². The van der Waals surface area contributed by atoms with Gasteiger partial charge in [0.1, 0.15) is 5.76 Å². The second-order valence-corrected chi connectivity index (χ2v) is 7.17. The van der Waals surface area contributed by atoms with E-state index in [0.717, 1.165) is 35.4 Å². The molecule has 3 aromatic rings. The number of fused-ring (bicyclic) bond motifs is 1. The Morgan fingerprint density at radius 1 is 1.19 bits per heavy atom. The molecule has 1 amide bonds. The molecule has 1 aliphatic rings. The van der Waals surface area contributed by atoms with Gasteiger partial charge >= 0.3 is 0 Å².